The van der Waals surface area contributed by atoms with Gasteiger partial charge < -0.3 is 19.9 Å². The summed E-state index contributed by atoms with van der Waals surface area (Å²) in [6.07, 6.45) is 2.58. The van der Waals surface area contributed by atoms with Crippen LogP contribution in [0.3, 0.4) is 0 Å². The second kappa shape index (κ2) is 8.59. The van der Waals surface area contributed by atoms with Gasteiger partial charge in [0.1, 0.15) is 12.1 Å². The van der Waals surface area contributed by atoms with E-state index in [1.165, 1.54) is 30.5 Å². The number of imidazole rings is 1. The Kier molecular flexibility index (Phi) is 6.14. The summed E-state index contributed by atoms with van der Waals surface area (Å²) in [6, 6.07) is 1.50. The zero-order valence-electron chi connectivity index (χ0n) is 16.5. The Morgan fingerprint density at radius 3 is 2.86 bits per heavy atom. The highest BCUT2D eigenvalue weighted by atomic mass is 19.2. The van der Waals surface area contributed by atoms with E-state index in [9.17, 15) is 18.4 Å². The van der Waals surface area contributed by atoms with Crippen LogP contribution in [0.5, 0.6) is 0 Å². The maximum absolute atomic E-state index is 14.6. The third-order valence-corrected chi connectivity index (χ3v) is 5.41. The number of nitrogens with zero attached hydrogens (tertiary/aromatic N) is 2. The zero-order chi connectivity index (χ0) is 21.1. The normalized spacial score (nSPS) is 18.0. The van der Waals surface area contributed by atoms with Gasteiger partial charge in [-0.2, -0.15) is 0 Å². The van der Waals surface area contributed by atoms with Crippen LogP contribution < -0.4 is 5.32 Å². The van der Waals surface area contributed by atoms with E-state index >= 15 is 0 Å². The molecule has 3 rings (SSSR count). The van der Waals surface area contributed by atoms with E-state index in [0.29, 0.717) is 18.5 Å². The van der Waals surface area contributed by atoms with Crippen molar-refractivity contribution >= 4 is 12.0 Å². The molecule has 0 aliphatic carbocycles. The lowest BCUT2D eigenvalue weighted by molar-refractivity contribution is -0.144. The summed E-state index contributed by atoms with van der Waals surface area (Å²) in [5, 5.41) is 2.70. The number of benzene rings is 1. The first-order valence-electron chi connectivity index (χ1n) is 9.50. The van der Waals surface area contributed by atoms with E-state index in [-0.39, 0.29) is 18.0 Å². The van der Waals surface area contributed by atoms with Crippen LogP contribution in [0.1, 0.15) is 43.3 Å². The van der Waals surface area contributed by atoms with Crippen molar-refractivity contribution in [2.75, 3.05) is 13.7 Å². The molecule has 1 aliphatic rings. The number of fused-ring (bicyclic) bond motifs is 1. The number of esters is 1. The van der Waals surface area contributed by atoms with Gasteiger partial charge in [-0.3, -0.25) is 0 Å². The number of carbonyl (C=O) groups is 2. The molecule has 29 heavy (non-hydrogen) atoms. The number of ether oxygens (including phenoxy) is 1. The van der Waals surface area contributed by atoms with Crippen molar-refractivity contribution in [3.8, 4) is 0 Å². The second-order valence-corrected chi connectivity index (χ2v) is 7.09. The molecule has 0 radical (unpaired) electrons. The van der Waals surface area contributed by atoms with Crippen molar-refractivity contribution in [2.45, 2.75) is 38.8 Å². The van der Waals surface area contributed by atoms with Crippen molar-refractivity contribution in [1.29, 1.82) is 0 Å². The van der Waals surface area contributed by atoms with Gasteiger partial charge in [0.05, 0.1) is 19.1 Å². The van der Waals surface area contributed by atoms with E-state index < -0.39 is 35.7 Å². The number of H-pyrrole nitrogens is 1. The number of aromatic nitrogens is 2. The number of hydrogen-bond acceptors (Lipinski definition) is 4. The number of aromatic amines is 1. The Labute approximate surface area is 167 Å². The van der Waals surface area contributed by atoms with Crippen LogP contribution in [0, 0.1) is 17.6 Å². The lowest BCUT2D eigenvalue weighted by Crippen LogP contribution is -2.53. The molecule has 9 heteroatoms. The summed E-state index contributed by atoms with van der Waals surface area (Å²) in [5.41, 5.74) is 1.22. The molecule has 7 nitrogen and oxygen atoms in total. The van der Waals surface area contributed by atoms with Gasteiger partial charge in [-0.15, -0.1) is 0 Å². The average Bonchev–Trinajstić information content (AvgIpc) is 3.21. The SMILES string of the molecule is CC[C@@H](C)[C@H](NC(=O)N1CCc2[nH]cnc2C1c1cccc(F)c1F)C(=O)OC. The Balaban J connectivity index is 1.97. The third kappa shape index (κ3) is 3.94. The Morgan fingerprint density at radius 2 is 2.17 bits per heavy atom. The van der Waals surface area contributed by atoms with Gasteiger partial charge >= 0.3 is 12.0 Å². The first-order valence-corrected chi connectivity index (χ1v) is 9.50. The van der Waals surface area contributed by atoms with Crippen LogP contribution in [0.2, 0.25) is 0 Å². The summed E-state index contributed by atoms with van der Waals surface area (Å²) in [7, 11) is 1.26. The Bertz CT molecular complexity index is 902. The number of amides is 2. The van der Waals surface area contributed by atoms with Gasteiger partial charge in [-0.05, 0) is 12.0 Å². The van der Waals surface area contributed by atoms with Crippen LogP contribution in [0.15, 0.2) is 24.5 Å². The van der Waals surface area contributed by atoms with Gasteiger partial charge in [0, 0.05) is 24.2 Å². The topological polar surface area (TPSA) is 87.3 Å². The number of nitrogens with one attached hydrogen (secondary N) is 2. The summed E-state index contributed by atoms with van der Waals surface area (Å²) >= 11 is 0. The second-order valence-electron chi connectivity index (χ2n) is 7.09. The summed E-state index contributed by atoms with van der Waals surface area (Å²) in [6.45, 7) is 3.97. The molecule has 0 fully saturated rings. The maximum atomic E-state index is 14.6. The molecule has 2 aromatic rings. The van der Waals surface area contributed by atoms with E-state index in [2.05, 4.69) is 15.3 Å². The highest BCUT2D eigenvalue weighted by molar-refractivity contribution is 5.84. The molecule has 0 bridgehead atoms. The molecule has 0 saturated heterocycles. The number of halogens is 2. The molecule has 1 aromatic carbocycles. The quantitative estimate of drug-likeness (QED) is 0.748. The summed E-state index contributed by atoms with van der Waals surface area (Å²) < 4.78 is 33.3. The van der Waals surface area contributed by atoms with Crippen LogP contribution in [0.4, 0.5) is 13.6 Å². The molecular formula is C20H24F2N4O3. The van der Waals surface area contributed by atoms with E-state index in [1.54, 1.807) is 0 Å². The van der Waals surface area contributed by atoms with Gasteiger partial charge in [-0.1, -0.05) is 32.4 Å². The van der Waals surface area contributed by atoms with Crippen molar-refractivity contribution < 1.29 is 23.1 Å². The fraction of sp³-hybridized carbons (Fsp3) is 0.450. The van der Waals surface area contributed by atoms with Crippen molar-refractivity contribution in [1.82, 2.24) is 20.2 Å². The monoisotopic (exact) mass is 406 g/mol. The van der Waals surface area contributed by atoms with Crippen LogP contribution in [-0.4, -0.2) is 46.6 Å². The first kappa shape index (κ1) is 20.8. The highest BCUT2D eigenvalue weighted by Crippen LogP contribution is 2.35. The number of methoxy groups -OCH3 is 1. The van der Waals surface area contributed by atoms with Crippen LogP contribution in [0.25, 0.3) is 0 Å². The standard InChI is InChI=1S/C20H24F2N4O3/c1-4-11(2)16(19(27)29-3)25-20(28)26-9-8-14-17(24-10-23-14)18(26)12-6-5-7-13(21)15(12)22/h5-7,10-11,16,18H,4,8-9H2,1-3H3,(H,23,24)(H,25,28)/t11-,16+,18?/m1/s1. The zero-order valence-corrected chi connectivity index (χ0v) is 16.5. The van der Waals surface area contributed by atoms with Crippen molar-refractivity contribution in [3.05, 3.63) is 53.1 Å². The molecule has 2 amide bonds. The minimum atomic E-state index is -1.03. The lowest BCUT2D eigenvalue weighted by atomic mass is 9.95. The number of urea groups is 1. The van der Waals surface area contributed by atoms with Crippen molar-refractivity contribution in [2.24, 2.45) is 5.92 Å². The van der Waals surface area contributed by atoms with E-state index in [1.807, 2.05) is 13.8 Å². The summed E-state index contributed by atoms with van der Waals surface area (Å²) in [4.78, 5) is 33.9. The Hall–Kier alpha value is -2.97. The fourth-order valence-electron chi connectivity index (χ4n) is 3.55. The molecule has 2 heterocycles. The van der Waals surface area contributed by atoms with E-state index in [0.717, 1.165) is 11.8 Å². The van der Waals surface area contributed by atoms with E-state index in [4.69, 9.17) is 4.74 Å². The third-order valence-electron chi connectivity index (χ3n) is 5.41. The van der Waals surface area contributed by atoms with Gasteiger partial charge in [0.25, 0.3) is 0 Å². The predicted molar refractivity (Wildman–Crippen MR) is 101 cm³/mol. The molecule has 156 valence electrons. The number of hydrogen-bond donors (Lipinski definition) is 2. The minimum absolute atomic E-state index is 0.00589. The first-order chi connectivity index (χ1) is 13.9. The Morgan fingerprint density at radius 1 is 1.41 bits per heavy atom. The van der Waals surface area contributed by atoms with Gasteiger partial charge in [-0.25, -0.2) is 23.4 Å². The molecule has 1 aromatic heterocycles. The van der Waals surface area contributed by atoms with Crippen LogP contribution >= 0.6 is 0 Å². The smallest absolute Gasteiger partial charge is 0.328 e. The molecule has 0 spiro atoms. The predicted octanol–water partition coefficient (Wildman–Crippen LogP) is 2.93. The van der Waals surface area contributed by atoms with Gasteiger partial charge in [0.2, 0.25) is 0 Å². The lowest BCUT2D eigenvalue weighted by Gasteiger charge is -2.36. The highest BCUT2D eigenvalue weighted by Gasteiger charge is 2.38. The molecule has 0 saturated carbocycles. The minimum Gasteiger partial charge on any atom is -0.467 e. The molecule has 2 N–H and O–H groups in total. The van der Waals surface area contributed by atoms with Crippen LogP contribution in [-0.2, 0) is 16.0 Å². The number of carbonyl (C=O) groups excluding carboxylic acids is 2. The fourth-order valence-corrected chi connectivity index (χ4v) is 3.55. The molecule has 1 aliphatic heterocycles. The average molecular weight is 406 g/mol. The molecule has 3 atom stereocenters. The van der Waals surface area contributed by atoms with Crippen molar-refractivity contribution in [3.63, 3.8) is 0 Å². The maximum Gasteiger partial charge on any atom is 0.328 e. The van der Waals surface area contributed by atoms with Gasteiger partial charge in [0.15, 0.2) is 11.6 Å². The number of rotatable bonds is 5. The molecule has 1 unspecified atom stereocenters. The largest absolute Gasteiger partial charge is 0.467 e. The summed E-state index contributed by atoms with van der Waals surface area (Å²) in [5.74, 6) is -2.75. The molecular weight excluding hydrogens is 382 g/mol.